The third-order valence-corrected chi connectivity index (χ3v) is 4.80. The van der Waals surface area contributed by atoms with Crippen LogP contribution in [0.1, 0.15) is 15.5 Å². The molecule has 0 spiro atoms. The Hall–Kier alpha value is -0.100. The van der Waals surface area contributed by atoms with Gasteiger partial charge in [-0.25, -0.2) is 0 Å². The summed E-state index contributed by atoms with van der Waals surface area (Å²) in [6, 6.07) is 6.26. The van der Waals surface area contributed by atoms with Crippen LogP contribution in [0.4, 0.5) is 0 Å². The summed E-state index contributed by atoms with van der Waals surface area (Å²) in [5.74, 6) is 0.923. The monoisotopic (exact) mass is 363 g/mol. The smallest absolute Gasteiger partial charge is 0.183 e. The maximum atomic E-state index is 5.47. The first-order valence-electron chi connectivity index (χ1n) is 4.85. The van der Waals surface area contributed by atoms with Crippen molar-refractivity contribution in [1.82, 2.24) is 5.32 Å². The Balaban J connectivity index is 1.84. The summed E-state index contributed by atoms with van der Waals surface area (Å²) in [6.07, 6.45) is 0. The topological polar surface area (TPSA) is 25.2 Å². The largest absolute Gasteiger partial charge is 0.452 e. The number of nitrogens with one attached hydrogen (secondary N) is 1. The zero-order chi connectivity index (χ0) is 11.5. The van der Waals surface area contributed by atoms with E-state index in [-0.39, 0.29) is 0 Å². The summed E-state index contributed by atoms with van der Waals surface area (Å²) in [5.41, 5.74) is 0. The van der Waals surface area contributed by atoms with Gasteiger partial charge in [-0.05, 0) is 57.0 Å². The number of thiophene rings is 1. The van der Waals surface area contributed by atoms with Crippen molar-refractivity contribution < 1.29 is 4.42 Å². The van der Waals surface area contributed by atoms with Crippen LogP contribution in [-0.2, 0) is 13.1 Å². The maximum absolute atomic E-state index is 5.47. The van der Waals surface area contributed by atoms with Crippen LogP contribution in [0.3, 0.4) is 0 Å². The van der Waals surface area contributed by atoms with E-state index in [9.17, 15) is 0 Å². The van der Waals surface area contributed by atoms with Gasteiger partial charge < -0.3 is 9.73 Å². The molecule has 0 aliphatic rings. The van der Waals surface area contributed by atoms with Crippen molar-refractivity contribution in [2.45, 2.75) is 20.0 Å². The fourth-order valence-corrected chi connectivity index (χ4v) is 2.89. The first kappa shape index (κ1) is 12.4. The van der Waals surface area contributed by atoms with Crippen molar-refractivity contribution in [3.63, 3.8) is 0 Å². The Morgan fingerprint density at radius 3 is 2.69 bits per heavy atom. The van der Waals surface area contributed by atoms with Gasteiger partial charge in [-0.3, -0.25) is 0 Å². The highest BCUT2D eigenvalue weighted by atomic mass is 79.9. The van der Waals surface area contributed by atoms with E-state index >= 15 is 0 Å². The van der Waals surface area contributed by atoms with Crippen molar-refractivity contribution in [1.29, 1.82) is 0 Å². The van der Waals surface area contributed by atoms with E-state index in [4.69, 9.17) is 4.42 Å². The molecule has 0 aliphatic carbocycles. The second kappa shape index (κ2) is 5.49. The van der Waals surface area contributed by atoms with Crippen LogP contribution < -0.4 is 5.32 Å². The molecular weight excluding hydrogens is 354 g/mol. The van der Waals surface area contributed by atoms with E-state index in [1.807, 2.05) is 17.4 Å². The molecule has 0 aromatic carbocycles. The lowest BCUT2D eigenvalue weighted by Crippen LogP contribution is -2.10. The molecule has 0 radical (unpaired) electrons. The van der Waals surface area contributed by atoms with Crippen LogP contribution in [0.2, 0.25) is 0 Å². The lowest BCUT2D eigenvalue weighted by atomic mass is 10.4. The average Bonchev–Trinajstić information content (AvgIpc) is 2.75. The lowest BCUT2D eigenvalue weighted by molar-refractivity contribution is 0.465. The van der Waals surface area contributed by atoms with E-state index in [0.29, 0.717) is 0 Å². The van der Waals surface area contributed by atoms with Gasteiger partial charge in [0, 0.05) is 16.3 Å². The fourth-order valence-electron chi connectivity index (χ4n) is 1.37. The predicted molar refractivity (Wildman–Crippen MR) is 73.7 cm³/mol. The van der Waals surface area contributed by atoms with E-state index in [1.165, 1.54) is 9.75 Å². The molecule has 0 amide bonds. The van der Waals surface area contributed by atoms with Crippen molar-refractivity contribution in [2.75, 3.05) is 0 Å². The lowest BCUT2D eigenvalue weighted by Gasteiger charge is -1.99. The zero-order valence-electron chi connectivity index (χ0n) is 8.72. The van der Waals surface area contributed by atoms with Crippen LogP contribution in [-0.4, -0.2) is 0 Å². The highest BCUT2D eigenvalue weighted by Crippen LogP contribution is 2.26. The molecular formula is C11H11Br2NOS. The molecule has 2 aromatic heterocycles. The van der Waals surface area contributed by atoms with Crippen molar-refractivity contribution in [3.8, 4) is 0 Å². The molecule has 5 heteroatoms. The summed E-state index contributed by atoms with van der Waals surface area (Å²) < 4.78 is 7.17. The Kier molecular flexibility index (Phi) is 4.24. The molecule has 0 saturated carbocycles. The molecule has 2 rings (SSSR count). The molecule has 0 fully saturated rings. The normalized spacial score (nSPS) is 10.9. The molecule has 2 aromatic rings. The summed E-state index contributed by atoms with van der Waals surface area (Å²) in [7, 11) is 0. The van der Waals surface area contributed by atoms with Gasteiger partial charge in [-0.1, -0.05) is 0 Å². The van der Waals surface area contributed by atoms with E-state index < -0.39 is 0 Å². The van der Waals surface area contributed by atoms with Gasteiger partial charge in [0.15, 0.2) is 4.67 Å². The molecule has 86 valence electrons. The number of rotatable bonds is 4. The Morgan fingerprint density at radius 2 is 2.12 bits per heavy atom. The van der Waals surface area contributed by atoms with Gasteiger partial charge in [-0.15, -0.1) is 11.3 Å². The molecule has 0 aliphatic heterocycles. The van der Waals surface area contributed by atoms with Gasteiger partial charge in [0.2, 0.25) is 0 Å². The fraction of sp³-hybridized carbons (Fsp3) is 0.273. The van der Waals surface area contributed by atoms with Crippen LogP contribution in [0.25, 0.3) is 0 Å². The maximum Gasteiger partial charge on any atom is 0.183 e. The summed E-state index contributed by atoms with van der Waals surface area (Å²) in [4.78, 5) is 2.70. The van der Waals surface area contributed by atoms with Crippen LogP contribution in [0.5, 0.6) is 0 Å². The molecule has 0 saturated heterocycles. The van der Waals surface area contributed by atoms with Crippen LogP contribution in [0.15, 0.2) is 31.8 Å². The van der Waals surface area contributed by atoms with Gasteiger partial charge >= 0.3 is 0 Å². The highest BCUT2D eigenvalue weighted by Gasteiger charge is 2.05. The molecule has 2 nitrogen and oxygen atoms in total. The molecule has 0 atom stereocenters. The highest BCUT2D eigenvalue weighted by molar-refractivity contribution is 9.13. The number of halogens is 2. The first-order valence-corrected chi connectivity index (χ1v) is 7.25. The minimum Gasteiger partial charge on any atom is -0.452 e. The van der Waals surface area contributed by atoms with Crippen LogP contribution >= 0.6 is 43.2 Å². The number of hydrogen-bond acceptors (Lipinski definition) is 3. The number of aryl methyl sites for hydroxylation is 1. The Bertz CT molecular complexity index is 459. The van der Waals surface area contributed by atoms with E-state index in [1.54, 1.807) is 0 Å². The summed E-state index contributed by atoms with van der Waals surface area (Å²) in [5, 5.41) is 3.35. The first-order chi connectivity index (χ1) is 7.65. The summed E-state index contributed by atoms with van der Waals surface area (Å²) in [6.45, 7) is 3.74. The Labute approximate surface area is 115 Å². The van der Waals surface area contributed by atoms with E-state index in [0.717, 1.165) is 28.0 Å². The van der Waals surface area contributed by atoms with Gasteiger partial charge in [0.05, 0.1) is 11.0 Å². The average molecular weight is 365 g/mol. The molecule has 0 unspecified atom stereocenters. The molecule has 1 N–H and O–H groups in total. The Morgan fingerprint density at radius 1 is 1.31 bits per heavy atom. The third kappa shape index (κ3) is 3.20. The standard InChI is InChI=1S/C11H11Br2NOS/c1-7-2-3-9(16-7)6-14-5-8-4-10(12)11(13)15-8/h2-4,14H,5-6H2,1H3. The predicted octanol–water partition coefficient (Wildman–Crippen LogP) is 4.46. The van der Waals surface area contributed by atoms with Crippen molar-refractivity contribution >= 4 is 43.2 Å². The molecule has 0 bridgehead atoms. The number of furan rings is 1. The van der Waals surface area contributed by atoms with Gasteiger partial charge in [-0.2, -0.15) is 0 Å². The second-order valence-corrected chi connectivity index (χ2v) is 6.40. The minimum absolute atomic E-state index is 0.737. The third-order valence-electron chi connectivity index (χ3n) is 2.09. The second-order valence-electron chi connectivity index (χ2n) is 3.45. The molecule has 16 heavy (non-hydrogen) atoms. The van der Waals surface area contributed by atoms with Gasteiger partial charge in [0.25, 0.3) is 0 Å². The van der Waals surface area contributed by atoms with E-state index in [2.05, 4.69) is 56.2 Å². The van der Waals surface area contributed by atoms with Gasteiger partial charge in [0.1, 0.15) is 5.76 Å². The zero-order valence-corrected chi connectivity index (χ0v) is 12.7. The molecule has 2 heterocycles. The summed E-state index contributed by atoms with van der Waals surface area (Å²) >= 11 is 8.53. The van der Waals surface area contributed by atoms with Crippen molar-refractivity contribution in [3.05, 3.63) is 42.9 Å². The minimum atomic E-state index is 0.737. The quantitative estimate of drug-likeness (QED) is 0.866. The number of hydrogen-bond donors (Lipinski definition) is 1. The SMILES string of the molecule is Cc1ccc(CNCc2cc(Br)c(Br)o2)s1. The van der Waals surface area contributed by atoms with Crippen LogP contribution in [0, 0.1) is 6.92 Å². The van der Waals surface area contributed by atoms with Crippen molar-refractivity contribution in [2.24, 2.45) is 0 Å².